The molecule has 0 radical (unpaired) electrons. The van der Waals surface area contributed by atoms with Crippen LogP contribution in [0.1, 0.15) is 194 Å². The molecule has 2 atom stereocenters. The highest BCUT2D eigenvalue weighted by Gasteiger charge is 2.26. The highest BCUT2D eigenvalue weighted by atomic mass is 31.2. The zero-order valence-corrected chi connectivity index (χ0v) is 35.3. The van der Waals surface area contributed by atoms with Gasteiger partial charge in [0.25, 0.3) is 0 Å². The van der Waals surface area contributed by atoms with Gasteiger partial charge in [-0.05, 0) is 38.5 Å². The fraction of sp³-hybridized carbons (Fsp3) is 0.929. The summed E-state index contributed by atoms with van der Waals surface area (Å²) in [6, 6.07) is 0. The van der Waals surface area contributed by atoms with E-state index in [4.69, 9.17) is 18.5 Å². The van der Waals surface area contributed by atoms with Gasteiger partial charge in [-0.25, -0.2) is 4.57 Å². The molecule has 0 saturated carbocycles. The number of rotatable bonds is 40. The van der Waals surface area contributed by atoms with Gasteiger partial charge in [0.1, 0.15) is 19.3 Å². The summed E-state index contributed by atoms with van der Waals surface area (Å²) in [7, 11) is 1.67. The van der Waals surface area contributed by atoms with Crippen LogP contribution in [0.5, 0.6) is 0 Å². The average molecular weight is 747 g/mol. The number of carbonyl (C=O) groups excluding carboxylic acids is 1. The first-order chi connectivity index (χ1) is 24.6. The number of unbranched alkanes of at least 4 members (excludes halogenated alkanes) is 24. The molecule has 2 unspecified atom stereocenters. The maximum atomic E-state index is 12.7. The van der Waals surface area contributed by atoms with Gasteiger partial charge in [-0.2, -0.15) is 0 Å². The van der Waals surface area contributed by atoms with Crippen LogP contribution in [0.15, 0.2) is 12.2 Å². The monoisotopic (exact) mass is 747 g/mol. The number of phosphoric ester groups is 1. The van der Waals surface area contributed by atoms with E-state index in [1.54, 1.807) is 0 Å². The number of likely N-dealkylation sites (N-methyl/N-ethyl adjacent to an activating group) is 1. The lowest BCUT2D eigenvalue weighted by Gasteiger charge is -2.24. The first-order valence-corrected chi connectivity index (χ1v) is 22.9. The lowest BCUT2D eigenvalue weighted by molar-refractivity contribution is -0.870. The molecule has 0 bridgehead atoms. The topological polar surface area (TPSA) is 91.3 Å². The SMILES string of the molecule is CCCCCCC/C=C\CCCCCCCC(=O)OC(COCCCCCCCCCCCCCCCCC)COP(=O)(O)OCC[N+](C)(C)C. The summed E-state index contributed by atoms with van der Waals surface area (Å²) >= 11 is 0. The Labute approximate surface area is 316 Å². The van der Waals surface area contributed by atoms with Crippen LogP contribution < -0.4 is 0 Å². The molecule has 0 spiro atoms. The van der Waals surface area contributed by atoms with Crippen LogP contribution in [0.3, 0.4) is 0 Å². The van der Waals surface area contributed by atoms with E-state index in [-0.39, 0.29) is 25.8 Å². The Morgan fingerprint density at radius 2 is 1.02 bits per heavy atom. The maximum Gasteiger partial charge on any atom is 0.472 e. The Balaban J connectivity index is 4.23. The minimum atomic E-state index is -4.27. The van der Waals surface area contributed by atoms with Gasteiger partial charge in [-0.1, -0.05) is 161 Å². The number of allylic oxidation sites excluding steroid dienone is 2. The number of hydrogen-bond donors (Lipinski definition) is 1. The number of ether oxygens (including phenoxy) is 2. The number of phosphoric acid groups is 1. The molecule has 0 heterocycles. The van der Waals surface area contributed by atoms with Crippen molar-refractivity contribution in [3.05, 3.63) is 12.2 Å². The molecule has 0 aromatic heterocycles. The largest absolute Gasteiger partial charge is 0.472 e. The van der Waals surface area contributed by atoms with Gasteiger partial charge in [-0.3, -0.25) is 13.8 Å². The lowest BCUT2D eigenvalue weighted by Crippen LogP contribution is -2.37. The molecule has 0 saturated heterocycles. The fourth-order valence-corrected chi connectivity index (χ4v) is 6.70. The van der Waals surface area contributed by atoms with Crippen LogP contribution in [0.25, 0.3) is 0 Å². The Bertz CT molecular complexity index is 833. The Kier molecular flexibility index (Phi) is 35.7. The van der Waals surface area contributed by atoms with Gasteiger partial charge in [0.05, 0.1) is 34.4 Å². The van der Waals surface area contributed by atoms with Crippen molar-refractivity contribution in [1.82, 2.24) is 0 Å². The highest BCUT2D eigenvalue weighted by Crippen LogP contribution is 2.43. The van der Waals surface area contributed by atoms with Crippen LogP contribution in [0.2, 0.25) is 0 Å². The smallest absolute Gasteiger partial charge is 0.457 e. The minimum absolute atomic E-state index is 0.0901. The third-order valence-corrected chi connectivity index (χ3v) is 10.3. The van der Waals surface area contributed by atoms with Crippen molar-refractivity contribution in [2.45, 2.75) is 200 Å². The summed E-state index contributed by atoms with van der Waals surface area (Å²) in [5.74, 6) is -0.320. The second-order valence-corrected chi connectivity index (χ2v) is 17.2. The van der Waals surface area contributed by atoms with Crippen molar-refractivity contribution in [1.29, 1.82) is 0 Å². The van der Waals surface area contributed by atoms with Crippen LogP contribution >= 0.6 is 7.82 Å². The van der Waals surface area contributed by atoms with E-state index in [9.17, 15) is 14.3 Å². The van der Waals surface area contributed by atoms with Crippen LogP contribution in [0, 0.1) is 0 Å². The molecule has 0 aliphatic heterocycles. The molecular weight excluding hydrogens is 661 g/mol. The summed E-state index contributed by atoms with van der Waals surface area (Å²) in [4.78, 5) is 22.8. The molecule has 0 fully saturated rings. The molecule has 51 heavy (non-hydrogen) atoms. The lowest BCUT2D eigenvalue weighted by atomic mass is 10.0. The predicted molar refractivity (Wildman–Crippen MR) is 215 cm³/mol. The van der Waals surface area contributed by atoms with E-state index >= 15 is 0 Å². The third kappa shape index (κ3) is 40.3. The molecule has 9 heteroatoms. The fourth-order valence-electron chi connectivity index (χ4n) is 5.96. The van der Waals surface area contributed by atoms with Crippen molar-refractivity contribution < 1.29 is 37.3 Å². The van der Waals surface area contributed by atoms with Gasteiger partial charge in [0, 0.05) is 13.0 Å². The standard InChI is InChI=1S/C42H84NO7P/c1-6-8-10-12-14-16-18-20-22-24-26-28-30-32-34-37-47-39-41(40-49-51(45,46)48-38-36-43(3,4)5)50-42(44)35-33-31-29-27-25-23-21-19-17-15-13-11-9-7-2/h19,21,41H,6-18,20,22-40H2,1-5H3/p+1/b21-19-. The molecule has 0 amide bonds. The van der Waals surface area contributed by atoms with Crippen molar-refractivity contribution in [3.8, 4) is 0 Å². The normalized spacial score (nSPS) is 13.9. The van der Waals surface area contributed by atoms with Crippen molar-refractivity contribution >= 4 is 13.8 Å². The number of quaternary nitrogens is 1. The molecule has 304 valence electrons. The Morgan fingerprint density at radius 3 is 1.49 bits per heavy atom. The Hall–Kier alpha value is -0.760. The minimum Gasteiger partial charge on any atom is -0.457 e. The molecule has 0 aliphatic rings. The van der Waals surface area contributed by atoms with Crippen LogP contribution in [-0.4, -0.2) is 75.6 Å². The quantitative estimate of drug-likeness (QED) is 0.0219. The molecule has 0 rings (SSSR count). The number of carbonyl (C=O) groups is 1. The summed E-state index contributed by atoms with van der Waals surface area (Å²) in [5.41, 5.74) is 0. The van der Waals surface area contributed by atoms with E-state index < -0.39 is 13.9 Å². The molecular formula is C42H85NO7P+. The third-order valence-electron chi connectivity index (χ3n) is 9.33. The highest BCUT2D eigenvalue weighted by molar-refractivity contribution is 7.47. The first-order valence-electron chi connectivity index (χ1n) is 21.4. The van der Waals surface area contributed by atoms with Crippen molar-refractivity contribution in [2.75, 3.05) is 54.1 Å². The van der Waals surface area contributed by atoms with Crippen LogP contribution in [0.4, 0.5) is 0 Å². The average Bonchev–Trinajstić information content (AvgIpc) is 3.08. The van der Waals surface area contributed by atoms with Gasteiger partial charge in [0.2, 0.25) is 0 Å². The van der Waals surface area contributed by atoms with E-state index in [1.165, 1.54) is 135 Å². The number of hydrogen-bond acceptors (Lipinski definition) is 6. The van der Waals surface area contributed by atoms with E-state index in [0.717, 1.165) is 38.5 Å². The van der Waals surface area contributed by atoms with Gasteiger partial charge < -0.3 is 18.9 Å². The second-order valence-electron chi connectivity index (χ2n) is 15.7. The van der Waals surface area contributed by atoms with Crippen molar-refractivity contribution in [2.24, 2.45) is 0 Å². The van der Waals surface area contributed by atoms with Gasteiger partial charge in [-0.15, -0.1) is 0 Å². The summed E-state index contributed by atoms with van der Waals surface area (Å²) in [6.45, 7) is 5.63. The molecule has 8 nitrogen and oxygen atoms in total. The molecule has 0 aromatic carbocycles. The predicted octanol–water partition coefficient (Wildman–Crippen LogP) is 12.3. The van der Waals surface area contributed by atoms with Crippen molar-refractivity contribution in [3.63, 3.8) is 0 Å². The summed E-state index contributed by atoms with van der Waals surface area (Å²) in [6.07, 6.45) is 38.0. The Morgan fingerprint density at radius 1 is 0.588 bits per heavy atom. The number of nitrogens with zero attached hydrogens (tertiary/aromatic N) is 1. The number of esters is 1. The zero-order chi connectivity index (χ0) is 37.7. The first kappa shape index (κ1) is 50.2. The van der Waals surface area contributed by atoms with Gasteiger partial charge in [0.15, 0.2) is 0 Å². The second kappa shape index (κ2) is 36.2. The van der Waals surface area contributed by atoms with E-state index in [2.05, 4.69) is 26.0 Å². The van der Waals surface area contributed by atoms with Gasteiger partial charge >= 0.3 is 13.8 Å². The van der Waals surface area contributed by atoms with E-state index in [1.807, 2.05) is 21.1 Å². The maximum absolute atomic E-state index is 12.7. The molecule has 0 aliphatic carbocycles. The molecule has 0 aromatic rings. The van der Waals surface area contributed by atoms with Crippen LogP contribution in [-0.2, 0) is 27.9 Å². The summed E-state index contributed by atoms with van der Waals surface area (Å²) in [5, 5.41) is 0. The van der Waals surface area contributed by atoms with E-state index in [0.29, 0.717) is 24.1 Å². The summed E-state index contributed by atoms with van der Waals surface area (Å²) < 4.78 is 35.0. The molecule has 1 N–H and O–H groups in total. The zero-order valence-electron chi connectivity index (χ0n) is 34.4.